The Morgan fingerprint density at radius 2 is 1.69 bits per heavy atom. The highest BCUT2D eigenvalue weighted by atomic mass is 16.7. The van der Waals surface area contributed by atoms with Crippen molar-refractivity contribution in [3.63, 3.8) is 0 Å². The number of hydrogen-bond acceptors (Lipinski definition) is 8. The molecule has 0 saturated heterocycles. The molecule has 9 heteroatoms. The Morgan fingerprint density at radius 3 is 2.40 bits per heavy atom. The van der Waals surface area contributed by atoms with E-state index in [0.29, 0.717) is 42.9 Å². The second-order valence-electron chi connectivity index (χ2n) is 16.1. The van der Waals surface area contributed by atoms with Gasteiger partial charge in [-0.3, -0.25) is 4.79 Å². The number of aliphatic hydroxyl groups excluding tert-OH is 2. The fraction of sp³-hybridized carbons (Fsp3) is 0.478. The summed E-state index contributed by atoms with van der Waals surface area (Å²) >= 11 is 0. The third-order valence-corrected chi connectivity index (χ3v) is 11.2. The molecule has 3 aromatic rings. The van der Waals surface area contributed by atoms with Gasteiger partial charge in [0.25, 0.3) is 5.91 Å². The summed E-state index contributed by atoms with van der Waals surface area (Å²) in [6, 6.07) is 19.2. The lowest BCUT2D eigenvalue weighted by Gasteiger charge is -2.59. The van der Waals surface area contributed by atoms with Crippen LogP contribution in [0.3, 0.4) is 0 Å². The van der Waals surface area contributed by atoms with Crippen molar-refractivity contribution in [2.45, 2.75) is 89.1 Å². The van der Waals surface area contributed by atoms with Crippen LogP contribution in [0.25, 0.3) is 10.8 Å². The van der Waals surface area contributed by atoms with E-state index in [-0.39, 0.29) is 43.5 Å². The summed E-state index contributed by atoms with van der Waals surface area (Å²) in [6.07, 6.45) is 11.0. The van der Waals surface area contributed by atoms with Gasteiger partial charge in [-0.05, 0) is 105 Å². The van der Waals surface area contributed by atoms with Crippen molar-refractivity contribution < 1.29 is 34.1 Å². The predicted molar refractivity (Wildman–Crippen MR) is 218 cm³/mol. The Morgan fingerprint density at radius 1 is 0.964 bits per heavy atom. The lowest BCUT2D eigenvalue weighted by Crippen LogP contribution is -2.69. The van der Waals surface area contributed by atoms with E-state index in [1.807, 2.05) is 82.4 Å². The SMILES string of the molecule is C=CCOc1ccc2c(c1)C1C(CCCCO)C(CCCCO)C=C3C(=NOC(C)(C)C)CC(N(C)C(=O)c4ccc5ccccc5c4)C(OCC=C)(O2)C31. The number of rotatable bonds is 17. The van der Waals surface area contributed by atoms with Gasteiger partial charge in [0.05, 0.1) is 18.2 Å². The van der Waals surface area contributed by atoms with E-state index in [0.717, 1.165) is 53.3 Å². The highest BCUT2D eigenvalue weighted by molar-refractivity contribution is 6.04. The number of nitrogens with zero attached hydrogens (tertiary/aromatic N) is 2. The van der Waals surface area contributed by atoms with Gasteiger partial charge >= 0.3 is 0 Å². The summed E-state index contributed by atoms with van der Waals surface area (Å²) in [6.45, 7) is 14.6. The first-order valence-corrected chi connectivity index (χ1v) is 19.8. The van der Waals surface area contributed by atoms with Gasteiger partial charge in [0.1, 0.15) is 29.7 Å². The smallest absolute Gasteiger partial charge is 0.254 e. The van der Waals surface area contributed by atoms with E-state index in [2.05, 4.69) is 25.3 Å². The van der Waals surface area contributed by atoms with Crippen LogP contribution in [0.1, 0.15) is 87.6 Å². The van der Waals surface area contributed by atoms with Crippen LogP contribution in [0, 0.1) is 17.8 Å². The van der Waals surface area contributed by atoms with Crippen LogP contribution in [0.5, 0.6) is 11.5 Å². The molecule has 1 fully saturated rings. The summed E-state index contributed by atoms with van der Waals surface area (Å²) < 4.78 is 20.4. The van der Waals surface area contributed by atoms with Crippen LogP contribution >= 0.6 is 0 Å². The van der Waals surface area contributed by atoms with Gasteiger partial charge in [-0.15, -0.1) is 6.58 Å². The van der Waals surface area contributed by atoms with Gasteiger partial charge in [0.15, 0.2) is 0 Å². The highest BCUT2D eigenvalue weighted by Crippen LogP contribution is 2.62. The second-order valence-corrected chi connectivity index (χ2v) is 16.1. The number of amides is 1. The maximum atomic E-state index is 14.7. The minimum Gasteiger partial charge on any atom is -0.490 e. The van der Waals surface area contributed by atoms with Crippen LogP contribution in [0.4, 0.5) is 0 Å². The highest BCUT2D eigenvalue weighted by Gasteiger charge is 2.65. The van der Waals surface area contributed by atoms with Crippen molar-refractivity contribution in [1.82, 2.24) is 4.90 Å². The average molecular weight is 751 g/mol. The van der Waals surface area contributed by atoms with Gasteiger partial charge in [0, 0.05) is 43.7 Å². The van der Waals surface area contributed by atoms with Crippen LogP contribution in [0.2, 0.25) is 0 Å². The Hall–Kier alpha value is -4.44. The van der Waals surface area contributed by atoms with Crippen LogP contribution in [0.15, 0.2) is 103 Å². The monoisotopic (exact) mass is 750 g/mol. The van der Waals surface area contributed by atoms with Crippen LogP contribution in [-0.4, -0.2) is 77.6 Å². The molecule has 9 nitrogen and oxygen atoms in total. The van der Waals surface area contributed by atoms with Crippen molar-refractivity contribution in [3.05, 3.63) is 109 Å². The van der Waals surface area contributed by atoms with Crippen LogP contribution < -0.4 is 9.47 Å². The molecule has 2 aliphatic carbocycles. The first-order valence-electron chi connectivity index (χ1n) is 19.8. The lowest BCUT2D eigenvalue weighted by molar-refractivity contribution is -0.252. The van der Waals surface area contributed by atoms with Gasteiger partial charge in [0.2, 0.25) is 5.79 Å². The lowest BCUT2D eigenvalue weighted by atomic mass is 9.55. The molecule has 6 atom stereocenters. The van der Waals surface area contributed by atoms with Crippen molar-refractivity contribution >= 4 is 22.4 Å². The molecule has 1 aliphatic heterocycles. The molecular weight excluding hydrogens is 693 g/mol. The van der Waals surface area contributed by atoms with E-state index in [4.69, 9.17) is 24.2 Å². The molecule has 1 heterocycles. The molecule has 1 saturated carbocycles. The molecule has 6 unspecified atom stereocenters. The van der Waals surface area contributed by atoms with Gasteiger partial charge in [-0.2, -0.15) is 0 Å². The van der Waals surface area contributed by atoms with E-state index < -0.39 is 23.3 Å². The van der Waals surface area contributed by atoms with Crippen molar-refractivity contribution in [2.75, 3.05) is 33.5 Å². The van der Waals surface area contributed by atoms with E-state index >= 15 is 0 Å². The second kappa shape index (κ2) is 17.6. The summed E-state index contributed by atoms with van der Waals surface area (Å²) in [5, 5.41) is 26.6. The molecule has 1 amide bonds. The minimum atomic E-state index is -1.32. The van der Waals surface area contributed by atoms with Gasteiger partial charge < -0.3 is 34.2 Å². The molecule has 0 aromatic heterocycles. The predicted octanol–water partition coefficient (Wildman–Crippen LogP) is 8.61. The maximum Gasteiger partial charge on any atom is 0.254 e. The number of unbranched alkanes of at least 4 members (excludes halogenated alkanes) is 2. The first-order chi connectivity index (χ1) is 26.5. The number of likely N-dealkylation sites (N-methyl/N-ethyl adjacent to an activating group) is 1. The molecule has 55 heavy (non-hydrogen) atoms. The maximum absolute atomic E-state index is 14.7. The molecule has 0 bridgehead atoms. The Bertz CT molecular complexity index is 1900. The van der Waals surface area contributed by atoms with E-state index in [1.54, 1.807) is 17.1 Å². The third-order valence-electron chi connectivity index (χ3n) is 11.2. The number of allylic oxidation sites excluding steroid dienone is 1. The quantitative estimate of drug-likeness (QED) is 0.0808. The molecular formula is C46H58N2O7. The van der Waals surface area contributed by atoms with Crippen molar-refractivity contribution in [2.24, 2.45) is 22.9 Å². The topological polar surface area (TPSA) is 110 Å². The largest absolute Gasteiger partial charge is 0.490 e. The summed E-state index contributed by atoms with van der Waals surface area (Å²) in [5.41, 5.74) is 2.78. The number of oxime groups is 1. The molecule has 2 N–H and O–H groups in total. The molecule has 3 aliphatic rings. The zero-order valence-corrected chi connectivity index (χ0v) is 32.9. The van der Waals surface area contributed by atoms with Crippen molar-refractivity contribution in [3.8, 4) is 11.5 Å². The number of hydrogen-bond donors (Lipinski definition) is 2. The number of benzene rings is 3. The Kier molecular flexibility index (Phi) is 12.9. The third kappa shape index (κ3) is 8.54. The number of carbonyl (C=O) groups is 1. The standard InChI is InChI=1S/C46H58N2O7/c1-7-25-52-35-21-22-40-38(29-35)42-36(18-12-14-24-50)33(17-11-13-23-49)28-37-39(47-55-45(3,4)5)30-41(46(54-40,43(37)42)53-26-8-2)48(6)44(51)34-20-19-31-15-9-10-16-32(31)27-34/h7-10,15-16,19-22,27-29,33,36,41-43,49-50H,1-2,11-14,17-18,23-26,30H2,3-6H3. The number of aliphatic hydroxyl groups is 2. The van der Waals surface area contributed by atoms with Crippen LogP contribution in [-0.2, 0) is 9.57 Å². The number of fused-ring (bicyclic) bond motifs is 3. The number of carbonyl (C=O) groups excluding carboxylic acids is 1. The van der Waals surface area contributed by atoms with Gasteiger partial charge in [-0.1, -0.05) is 73.1 Å². The van der Waals surface area contributed by atoms with Gasteiger partial charge in [-0.25, -0.2) is 0 Å². The summed E-state index contributed by atoms with van der Waals surface area (Å²) in [4.78, 5) is 22.7. The molecule has 6 rings (SSSR count). The Balaban J connectivity index is 1.58. The summed E-state index contributed by atoms with van der Waals surface area (Å²) in [5.74, 6) is -0.359. The molecule has 0 radical (unpaired) electrons. The van der Waals surface area contributed by atoms with E-state index in [9.17, 15) is 15.0 Å². The summed E-state index contributed by atoms with van der Waals surface area (Å²) in [7, 11) is 1.83. The average Bonchev–Trinajstić information content (AvgIpc) is 3.18. The zero-order chi connectivity index (χ0) is 39.2. The molecule has 294 valence electrons. The van der Waals surface area contributed by atoms with Crippen molar-refractivity contribution in [1.29, 1.82) is 0 Å². The normalized spacial score (nSPS) is 24.9. The fourth-order valence-corrected chi connectivity index (χ4v) is 8.83. The molecule has 3 aromatic carbocycles. The molecule has 0 spiro atoms. The minimum absolute atomic E-state index is 0.118. The number of ether oxygens (including phenoxy) is 3. The first kappa shape index (κ1) is 40.2. The zero-order valence-electron chi connectivity index (χ0n) is 32.9. The fourth-order valence-electron chi connectivity index (χ4n) is 8.83. The Labute approximate surface area is 326 Å². The van der Waals surface area contributed by atoms with E-state index in [1.165, 1.54) is 0 Å².